The lowest BCUT2D eigenvalue weighted by molar-refractivity contribution is 0.373. The van der Waals surface area contributed by atoms with Crippen LogP contribution in [0.3, 0.4) is 0 Å². The third-order valence-corrected chi connectivity index (χ3v) is 4.88. The normalized spacial score (nSPS) is 12.2. The maximum atomic E-state index is 9.66. The molecule has 1 atom stereocenters. The number of phenols is 1. The average Bonchev–Trinajstić information content (AvgIpc) is 3.14. The molecule has 1 aromatic heterocycles. The van der Waals surface area contributed by atoms with Gasteiger partial charge < -0.3 is 20.5 Å². The SMILES string of the molecule is CCNC(=NCC(C)Cc1cccs1)NCCc1ccc(O)c(OC)c1.I. The lowest BCUT2D eigenvalue weighted by atomic mass is 10.1. The van der Waals surface area contributed by atoms with Gasteiger partial charge in [0.15, 0.2) is 17.5 Å². The Hall–Kier alpha value is -1.48. The summed E-state index contributed by atoms with van der Waals surface area (Å²) in [6, 6.07) is 9.72. The number of phenolic OH excluding ortho intramolecular Hbond substituents is 1. The van der Waals surface area contributed by atoms with Crippen LogP contribution in [-0.4, -0.2) is 37.8 Å². The third kappa shape index (κ3) is 8.38. The molecule has 0 spiro atoms. The quantitative estimate of drug-likeness (QED) is 0.275. The van der Waals surface area contributed by atoms with E-state index in [1.165, 1.54) is 4.88 Å². The second kappa shape index (κ2) is 12.8. The van der Waals surface area contributed by atoms with E-state index in [-0.39, 0.29) is 29.7 Å². The van der Waals surface area contributed by atoms with Crippen molar-refractivity contribution in [2.75, 3.05) is 26.7 Å². The Bertz CT molecular complexity index is 693. The number of nitrogens with one attached hydrogen (secondary N) is 2. The summed E-state index contributed by atoms with van der Waals surface area (Å²) < 4.78 is 5.15. The summed E-state index contributed by atoms with van der Waals surface area (Å²) in [6.07, 6.45) is 1.89. The Labute approximate surface area is 183 Å². The van der Waals surface area contributed by atoms with Gasteiger partial charge in [-0.05, 0) is 54.8 Å². The van der Waals surface area contributed by atoms with Crippen molar-refractivity contribution in [1.29, 1.82) is 0 Å². The van der Waals surface area contributed by atoms with Gasteiger partial charge in [0, 0.05) is 24.5 Å². The predicted molar refractivity (Wildman–Crippen MR) is 125 cm³/mol. The number of benzene rings is 1. The van der Waals surface area contributed by atoms with Crippen LogP contribution >= 0.6 is 35.3 Å². The Morgan fingerprint density at radius 2 is 2.11 bits per heavy atom. The highest BCUT2D eigenvalue weighted by atomic mass is 127. The van der Waals surface area contributed by atoms with Crippen molar-refractivity contribution in [2.24, 2.45) is 10.9 Å². The summed E-state index contributed by atoms with van der Waals surface area (Å²) in [5.41, 5.74) is 1.11. The van der Waals surface area contributed by atoms with E-state index in [4.69, 9.17) is 9.73 Å². The standard InChI is InChI=1S/C20H29N3O2S.HI/c1-4-21-20(23-14-15(2)12-17-6-5-11-26-17)22-10-9-16-7-8-18(24)19(13-16)25-3;/h5-8,11,13,15,24H,4,9-10,12,14H2,1-3H3,(H2,21,22,23);1H. The monoisotopic (exact) mass is 503 g/mol. The van der Waals surface area contributed by atoms with E-state index in [9.17, 15) is 5.11 Å². The number of guanidine groups is 1. The minimum Gasteiger partial charge on any atom is -0.504 e. The highest BCUT2D eigenvalue weighted by Crippen LogP contribution is 2.26. The number of hydrogen-bond donors (Lipinski definition) is 3. The van der Waals surface area contributed by atoms with Crippen LogP contribution in [-0.2, 0) is 12.8 Å². The molecule has 150 valence electrons. The smallest absolute Gasteiger partial charge is 0.191 e. The molecule has 0 saturated heterocycles. The Kier molecular flexibility index (Phi) is 11.2. The summed E-state index contributed by atoms with van der Waals surface area (Å²) in [4.78, 5) is 6.12. The van der Waals surface area contributed by atoms with Gasteiger partial charge in [-0.15, -0.1) is 35.3 Å². The maximum absolute atomic E-state index is 9.66. The fourth-order valence-corrected chi connectivity index (χ4v) is 3.50. The highest BCUT2D eigenvalue weighted by Gasteiger charge is 2.06. The van der Waals surface area contributed by atoms with Crippen LogP contribution in [0.2, 0.25) is 0 Å². The van der Waals surface area contributed by atoms with Crippen LogP contribution in [0.4, 0.5) is 0 Å². The molecule has 0 aliphatic heterocycles. The van der Waals surface area contributed by atoms with Gasteiger partial charge in [0.1, 0.15) is 0 Å². The van der Waals surface area contributed by atoms with Gasteiger partial charge in [-0.2, -0.15) is 0 Å². The third-order valence-electron chi connectivity index (χ3n) is 3.99. The van der Waals surface area contributed by atoms with Gasteiger partial charge in [-0.3, -0.25) is 4.99 Å². The summed E-state index contributed by atoms with van der Waals surface area (Å²) in [7, 11) is 1.56. The molecule has 5 nitrogen and oxygen atoms in total. The first-order chi connectivity index (χ1) is 12.6. The number of ether oxygens (including phenoxy) is 1. The molecule has 7 heteroatoms. The van der Waals surface area contributed by atoms with Crippen molar-refractivity contribution in [3.8, 4) is 11.5 Å². The summed E-state index contributed by atoms with van der Waals surface area (Å²) in [5, 5.41) is 18.4. The first-order valence-corrected chi connectivity index (χ1v) is 9.90. The van der Waals surface area contributed by atoms with E-state index in [0.29, 0.717) is 11.7 Å². The second-order valence-corrected chi connectivity index (χ2v) is 7.32. The van der Waals surface area contributed by atoms with Gasteiger partial charge in [0.25, 0.3) is 0 Å². The molecular weight excluding hydrogens is 473 g/mol. The van der Waals surface area contributed by atoms with Gasteiger partial charge in [-0.1, -0.05) is 19.1 Å². The highest BCUT2D eigenvalue weighted by molar-refractivity contribution is 14.0. The number of methoxy groups -OCH3 is 1. The van der Waals surface area contributed by atoms with Crippen molar-refractivity contribution in [3.63, 3.8) is 0 Å². The number of thiophene rings is 1. The number of halogens is 1. The van der Waals surface area contributed by atoms with Crippen LogP contribution in [0.25, 0.3) is 0 Å². The molecule has 1 aromatic carbocycles. The fourth-order valence-electron chi connectivity index (χ4n) is 2.63. The molecule has 0 aliphatic rings. The average molecular weight is 503 g/mol. The topological polar surface area (TPSA) is 65.9 Å². The van der Waals surface area contributed by atoms with Crippen molar-refractivity contribution in [1.82, 2.24) is 10.6 Å². The van der Waals surface area contributed by atoms with E-state index in [2.05, 4.69) is 42.0 Å². The summed E-state index contributed by atoms with van der Waals surface area (Å²) in [5.74, 6) is 2.02. The first-order valence-electron chi connectivity index (χ1n) is 9.02. The van der Waals surface area contributed by atoms with Gasteiger partial charge in [0.05, 0.1) is 7.11 Å². The molecule has 0 radical (unpaired) electrons. The van der Waals surface area contributed by atoms with Crippen molar-refractivity contribution >= 4 is 41.3 Å². The largest absolute Gasteiger partial charge is 0.504 e. The summed E-state index contributed by atoms with van der Waals surface area (Å²) in [6.45, 7) is 6.68. The molecule has 1 unspecified atom stereocenters. The first kappa shape index (κ1) is 23.6. The Morgan fingerprint density at radius 1 is 1.30 bits per heavy atom. The zero-order valence-electron chi connectivity index (χ0n) is 16.2. The zero-order valence-corrected chi connectivity index (χ0v) is 19.3. The van der Waals surface area contributed by atoms with Gasteiger partial charge in [0.2, 0.25) is 0 Å². The molecule has 2 aromatic rings. The molecule has 3 N–H and O–H groups in total. The molecule has 2 rings (SSSR count). The van der Waals surface area contributed by atoms with Crippen LogP contribution in [0.15, 0.2) is 40.7 Å². The minimum absolute atomic E-state index is 0. The lowest BCUT2D eigenvalue weighted by Gasteiger charge is -2.13. The van der Waals surface area contributed by atoms with E-state index in [1.54, 1.807) is 24.5 Å². The van der Waals surface area contributed by atoms with Crippen LogP contribution < -0.4 is 15.4 Å². The maximum Gasteiger partial charge on any atom is 0.191 e. The van der Waals surface area contributed by atoms with Gasteiger partial charge >= 0.3 is 0 Å². The van der Waals surface area contributed by atoms with Crippen LogP contribution in [0.5, 0.6) is 11.5 Å². The molecule has 1 heterocycles. The van der Waals surface area contributed by atoms with E-state index < -0.39 is 0 Å². The number of nitrogens with zero attached hydrogens (tertiary/aromatic N) is 1. The van der Waals surface area contributed by atoms with Crippen molar-refractivity contribution in [3.05, 3.63) is 46.2 Å². The molecule has 0 saturated carbocycles. The Morgan fingerprint density at radius 3 is 2.78 bits per heavy atom. The number of rotatable bonds is 9. The second-order valence-electron chi connectivity index (χ2n) is 6.29. The van der Waals surface area contributed by atoms with Crippen LogP contribution in [0.1, 0.15) is 24.3 Å². The van der Waals surface area contributed by atoms with E-state index in [1.807, 2.05) is 12.1 Å². The Balaban J connectivity index is 0.00000364. The van der Waals surface area contributed by atoms with E-state index >= 15 is 0 Å². The molecule has 0 aliphatic carbocycles. The van der Waals surface area contributed by atoms with Crippen molar-refractivity contribution < 1.29 is 9.84 Å². The number of hydrogen-bond acceptors (Lipinski definition) is 4. The number of aliphatic imine (C=N–C) groups is 1. The zero-order chi connectivity index (χ0) is 18.8. The van der Waals surface area contributed by atoms with E-state index in [0.717, 1.165) is 44.0 Å². The van der Waals surface area contributed by atoms with Gasteiger partial charge in [-0.25, -0.2) is 0 Å². The predicted octanol–water partition coefficient (Wildman–Crippen LogP) is 4.06. The van der Waals surface area contributed by atoms with Crippen LogP contribution in [0, 0.1) is 5.92 Å². The minimum atomic E-state index is 0. The molecule has 0 amide bonds. The lowest BCUT2D eigenvalue weighted by Crippen LogP contribution is -2.38. The van der Waals surface area contributed by atoms with Crippen molar-refractivity contribution in [2.45, 2.75) is 26.7 Å². The molecule has 27 heavy (non-hydrogen) atoms. The molecular formula is C20H30IN3O2S. The molecule has 0 bridgehead atoms. The number of aromatic hydroxyl groups is 1. The molecule has 0 fully saturated rings. The summed E-state index contributed by atoms with van der Waals surface area (Å²) >= 11 is 1.80. The fraction of sp³-hybridized carbons (Fsp3) is 0.450.